The molecule has 0 radical (unpaired) electrons. The van der Waals surface area contributed by atoms with Gasteiger partial charge in [0.2, 0.25) is 0 Å². The van der Waals surface area contributed by atoms with E-state index in [0.29, 0.717) is 0 Å². The van der Waals surface area contributed by atoms with Gasteiger partial charge in [0, 0.05) is 25.2 Å². The van der Waals surface area contributed by atoms with Gasteiger partial charge in [-0.1, -0.05) is 6.42 Å². The van der Waals surface area contributed by atoms with Crippen LogP contribution in [-0.2, 0) is 0 Å². The molecule has 3 heteroatoms. The molecule has 0 N–H and O–H groups in total. The number of alkyl halides is 1. The van der Waals surface area contributed by atoms with E-state index < -0.39 is 0 Å². The second-order valence-corrected chi connectivity index (χ2v) is 4.25. The van der Waals surface area contributed by atoms with Crippen LogP contribution in [0.4, 0.5) is 5.69 Å². The summed E-state index contributed by atoms with van der Waals surface area (Å²) in [6, 6.07) is 8.15. The molecule has 0 aromatic heterocycles. The molecule has 1 rings (SSSR count). The fourth-order valence-corrected chi connectivity index (χ4v) is 1.78. The van der Waals surface area contributed by atoms with Gasteiger partial charge in [0.1, 0.15) is 5.75 Å². The van der Waals surface area contributed by atoms with Crippen molar-refractivity contribution >= 4 is 17.3 Å². The molecule has 1 aromatic carbocycles. The van der Waals surface area contributed by atoms with Crippen molar-refractivity contribution in [3.8, 4) is 5.75 Å². The van der Waals surface area contributed by atoms with Crippen LogP contribution in [0.25, 0.3) is 0 Å². The van der Waals surface area contributed by atoms with Gasteiger partial charge in [0.05, 0.1) is 7.11 Å². The lowest BCUT2D eigenvalue weighted by Crippen LogP contribution is -2.18. The summed E-state index contributed by atoms with van der Waals surface area (Å²) in [6.07, 6.45) is 3.50. The number of methoxy groups -OCH3 is 1. The van der Waals surface area contributed by atoms with Gasteiger partial charge in [-0.3, -0.25) is 0 Å². The van der Waals surface area contributed by atoms with Gasteiger partial charge >= 0.3 is 0 Å². The van der Waals surface area contributed by atoms with E-state index in [0.717, 1.165) is 24.6 Å². The summed E-state index contributed by atoms with van der Waals surface area (Å²) >= 11 is 5.64. The summed E-state index contributed by atoms with van der Waals surface area (Å²) in [5, 5.41) is 0. The molecule has 2 nitrogen and oxygen atoms in total. The SMILES string of the molecule is COc1ccc(N(C)CCCCCCl)cc1. The summed E-state index contributed by atoms with van der Waals surface area (Å²) in [5.74, 6) is 1.67. The van der Waals surface area contributed by atoms with E-state index in [4.69, 9.17) is 16.3 Å². The average Bonchev–Trinajstić information content (AvgIpc) is 2.34. The normalized spacial score (nSPS) is 10.2. The minimum absolute atomic E-state index is 0.770. The lowest BCUT2D eigenvalue weighted by Gasteiger charge is -2.19. The van der Waals surface area contributed by atoms with Crippen LogP contribution in [0.2, 0.25) is 0 Å². The predicted octanol–water partition coefficient (Wildman–Crippen LogP) is 3.54. The van der Waals surface area contributed by atoms with E-state index in [2.05, 4.69) is 24.1 Å². The Morgan fingerprint density at radius 1 is 1.12 bits per heavy atom. The molecule has 0 amide bonds. The second kappa shape index (κ2) is 7.39. The standard InChI is InChI=1S/C13H20ClNO/c1-15(11-5-3-4-10-14)12-6-8-13(16-2)9-7-12/h6-9H,3-5,10-11H2,1-2H3. The fraction of sp³-hybridized carbons (Fsp3) is 0.538. The van der Waals surface area contributed by atoms with Crippen LogP contribution < -0.4 is 9.64 Å². The summed E-state index contributed by atoms with van der Waals surface area (Å²) in [4.78, 5) is 2.26. The molecule has 0 unspecified atom stereocenters. The highest BCUT2D eigenvalue weighted by molar-refractivity contribution is 6.17. The van der Waals surface area contributed by atoms with Gasteiger partial charge in [0.25, 0.3) is 0 Å². The van der Waals surface area contributed by atoms with Crippen LogP contribution >= 0.6 is 11.6 Å². The monoisotopic (exact) mass is 241 g/mol. The number of rotatable bonds is 7. The van der Waals surface area contributed by atoms with Gasteiger partial charge in [-0.25, -0.2) is 0 Å². The number of hydrogen-bond acceptors (Lipinski definition) is 2. The van der Waals surface area contributed by atoms with Crippen LogP contribution in [0.15, 0.2) is 24.3 Å². The molecule has 0 spiro atoms. The molecule has 1 aromatic rings. The number of unbranched alkanes of at least 4 members (excludes halogenated alkanes) is 2. The lowest BCUT2D eigenvalue weighted by atomic mass is 10.2. The molecule has 0 saturated heterocycles. The molecule has 0 heterocycles. The van der Waals surface area contributed by atoms with Crippen LogP contribution in [0, 0.1) is 0 Å². The number of anilines is 1. The van der Waals surface area contributed by atoms with Crippen LogP contribution in [-0.4, -0.2) is 26.6 Å². The van der Waals surface area contributed by atoms with E-state index in [9.17, 15) is 0 Å². The molecule has 0 atom stereocenters. The van der Waals surface area contributed by atoms with Gasteiger partial charge < -0.3 is 9.64 Å². The van der Waals surface area contributed by atoms with E-state index in [1.54, 1.807) is 7.11 Å². The number of nitrogens with zero attached hydrogens (tertiary/aromatic N) is 1. The zero-order valence-electron chi connectivity index (χ0n) is 10.1. The molecule has 16 heavy (non-hydrogen) atoms. The van der Waals surface area contributed by atoms with Crippen molar-refractivity contribution in [1.29, 1.82) is 0 Å². The van der Waals surface area contributed by atoms with Crippen molar-refractivity contribution in [3.63, 3.8) is 0 Å². The molecule has 0 aliphatic carbocycles. The molecule has 0 fully saturated rings. The first-order valence-electron chi connectivity index (χ1n) is 5.69. The van der Waals surface area contributed by atoms with Crippen molar-refractivity contribution in [3.05, 3.63) is 24.3 Å². The van der Waals surface area contributed by atoms with E-state index in [-0.39, 0.29) is 0 Å². The molecule has 0 aliphatic rings. The van der Waals surface area contributed by atoms with Crippen LogP contribution in [0.5, 0.6) is 5.75 Å². The maximum Gasteiger partial charge on any atom is 0.119 e. The highest BCUT2D eigenvalue weighted by Crippen LogP contribution is 2.18. The number of halogens is 1. The van der Waals surface area contributed by atoms with Crippen molar-refractivity contribution in [1.82, 2.24) is 0 Å². The lowest BCUT2D eigenvalue weighted by molar-refractivity contribution is 0.415. The Morgan fingerprint density at radius 3 is 2.38 bits per heavy atom. The predicted molar refractivity (Wildman–Crippen MR) is 70.8 cm³/mol. The maximum atomic E-state index is 5.64. The molecule has 0 aliphatic heterocycles. The van der Waals surface area contributed by atoms with Crippen LogP contribution in [0.1, 0.15) is 19.3 Å². The van der Waals surface area contributed by atoms with E-state index in [1.807, 2.05) is 12.1 Å². The first kappa shape index (κ1) is 13.2. The van der Waals surface area contributed by atoms with Gasteiger partial charge in [-0.2, -0.15) is 0 Å². The Labute approximate surface area is 103 Å². The minimum Gasteiger partial charge on any atom is -0.497 e. The van der Waals surface area contributed by atoms with Crippen molar-refractivity contribution in [2.45, 2.75) is 19.3 Å². The average molecular weight is 242 g/mol. The number of benzene rings is 1. The molecular formula is C13H20ClNO. The molecule has 90 valence electrons. The number of ether oxygens (including phenoxy) is 1. The Morgan fingerprint density at radius 2 is 1.81 bits per heavy atom. The Bertz CT molecular complexity index is 286. The Balaban J connectivity index is 2.37. The number of hydrogen-bond donors (Lipinski definition) is 0. The van der Waals surface area contributed by atoms with Gasteiger partial charge in [-0.15, -0.1) is 11.6 Å². The second-order valence-electron chi connectivity index (χ2n) is 3.87. The largest absolute Gasteiger partial charge is 0.497 e. The van der Waals surface area contributed by atoms with Crippen molar-refractivity contribution < 1.29 is 4.74 Å². The van der Waals surface area contributed by atoms with E-state index in [1.165, 1.54) is 18.5 Å². The highest BCUT2D eigenvalue weighted by Gasteiger charge is 2.00. The minimum atomic E-state index is 0.770. The highest BCUT2D eigenvalue weighted by atomic mass is 35.5. The zero-order chi connectivity index (χ0) is 11.8. The maximum absolute atomic E-state index is 5.64. The summed E-state index contributed by atoms with van der Waals surface area (Å²) in [5.41, 5.74) is 1.23. The van der Waals surface area contributed by atoms with E-state index >= 15 is 0 Å². The topological polar surface area (TPSA) is 12.5 Å². The summed E-state index contributed by atoms with van der Waals surface area (Å²) in [6.45, 7) is 1.07. The molecular weight excluding hydrogens is 222 g/mol. The quantitative estimate of drug-likeness (QED) is 0.535. The smallest absolute Gasteiger partial charge is 0.119 e. The Kier molecular flexibility index (Phi) is 6.09. The Hall–Kier alpha value is -0.890. The third-order valence-corrected chi connectivity index (χ3v) is 2.91. The molecule has 0 saturated carbocycles. The van der Waals surface area contributed by atoms with Gasteiger partial charge in [-0.05, 0) is 37.1 Å². The first-order chi connectivity index (χ1) is 7.77. The first-order valence-corrected chi connectivity index (χ1v) is 6.22. The third kappa shape index (κ3) is 4.31. The molecule has 0 bridgehead atoms. The van der Waals surface area contributed by atoms with Crippen molar-refractivity contribution in [2.75, 3.05) is 31.5 Å². The summed E-state index contributed by atoms with van der Waals surface area (Å²) < 4.78 is 5.13. The fourth-order valence-electron chi connectivity index (χ4n) is 1.59. The van der Waals surface area contributed by atoms with Crippen LogP contribution in [0.3, 0.4) is 0 Å². The summed E-state index contributed by atoms with van der Waals surface area (Å²) in [7, 11) is 3.80. The van der Waals surface area contributed by atoms with Crippen molar-refractivity contribution in [2.24, 2.45) is 0 Å². The third-order valence-electron chi connectivity index (χ3n) is 2.64. The van der Waals surface area contributed by atoms with Gasteiger partial charge in [0.15, 0.2) is 0 Å². The zero-order valence-corrected chi connectivity index (χ0v) is 10.8.